The van der Waals surface area contributed by atoms with E-state index in [0.29, 0.717) is 19.8 Å². The van der Waals surface area contributed by atoms with Gasteiger partial charge in [-0.3, -0.25) is 0 Å². The summed E-state index contributed by atoms with van der Waals surface area (Å²) >= 11 is 0. The topological polar surface area (TPSA) is 50.4 Å². The van der Waals surface area contributed by atoms with Crippen molar-refractivity contribution in [3.63, 3.8) is 0 Å². The average molecular weight is 144 g/mol. The lowest BCUT2D eigenvalue weighted by atomic mass is 10.3. The van der Waals surface area contributed by atoms with Crippen molar-refractivity contribution in [2.75, 3.05) is 19.8 Å². The summed E-state index contributed by atoms with van der Waals surface area (Å²) in [4.78, 5) is 10.8. The van der Waals surface area contributed by atoms with Gasteiger partial charge in [0.05, 0.1) is 19.3 Å². The van der Waals surface area contributed by atoms with Gasteiger partial charge in [0.2, 0.25) is 0 Å². The van der Waals surface area contributed by atoms with Gasteiger partial charge in [0, 0.05) is 6.54 Å². The molecule has 0 radical (unpaired) electrons. The van der Waals surface area contributed by atoms with Crippen molar-refractivity contribution in [1.29, 1.82) is 0 Å². The molecule has 0 aliphatic carbocycles. The Morgan fingerprint density at radius 2 is 2.40 bits per heavy atom. The molecule has 0 unspecified atom stereocenters. The lowest BCUT2D eigenvalue weighted by Gasteiger charge is -2.26. The van der Waals surface area contributed by atoms with Crippen molar-refractivity contribution < 1.29 is 9.53 Å². The maximum atomic E-state index is 10.8. The summed E-state index contributed by atoms with van der Waals surface area (Å²) in [6, 6.07) is 0.127. The summed E-state index contributed by atoms with van der Waals surface area (Å²) in [5.41, 5.74) is 0. The SMILES string of the molecule is CCNC(=O)NC1COC1. The number of hydrogen-bond acceptors (Lipinski definition) is 2. The zero-order chi connectivity index (χ0) is 7.40. The fourth-order valence-corrected chi connectivity index (χ4v) is 0.716. The van der Waals surface area contributed by atoms with Crippen LogP contribution in [0.25, 0.3) is 0 Å². The Kier molecular flexibility index (Phi) is 2.50. The molecular formula is C6H12N2O2. The zero-order valence-corrected chi connectivity index (χ0v) is 6.02. The number of urea groups is 1. The molecule has 0 saturated carbocycles. The predicted molar refractivity (Wildman–Crippen MR) is 36.8 cm³/mol. The molecule has 58 valence electrons. The van der Waals surface area contributed by atoms with E-state index in [1.165, 1.54) is 0 Å². The van der Waals surface area contributed by atoms with Crippen LogP contribution in [0.1, 0.15) is 6.92 Å². The fraction of sp³-hybridized carbons (Fsp3) is 0.833. The van der Waals surface area contributed by atoms with Crippen LogP contribution in [0.5, 0.6) is 0 Å². The monoisotopic (exact) mass is 144 g/mol. The average Bonchev–Trinajstić information content (AvgIpc) is 1.80. The van der Waals surface area contributed by atoms with Crippen LogP contribution in [0, 0.1) is 0 Å². The summed E-state index contributed by atoms with van der Waals surface area (Å²) in [6.07, 6.45) is 0. The summed E-state index contributed by atoms with van der Waals surface area (Å²) in [7, 11) is 0. The van der Waals surface area contributed by atoms with Crippen molar-refractivity contribution in [1.82, 2.24) is 10.6 Å². The maximum absolute atomic E-state index is 10.8. The van der Waals surface area contributed by atoms with Gasteiger partial charge in [-0.05, 0) is 6.92 Å². The molecule has 10 heavy (non-hydrogen) atoms. The molecule has 1 saturated heterocycles. The Balaban J connectivity index is 2.05. The van der Waals surface area contributed by atoms with Crippen molar-refractivity contribution in [2.24, 2.45) is 0 Å². The summed E-state index contributed by atoms with van der Waals surface area (Å²) < 4.78 is 4.87. The van der Waals surface area contributed by atoms with Crippen LogP contribution >= 0.6 is 0 Å². The van der Waals surface area contributed by atoms with Crippen molar-refractivity contribution in [3.8, 4) is 0 Å². The summed E-state index contributed by atoms with van der Waals surface area (Å²) in [5, 5.41) is 5.38. The highest BCUT2D eigenvalue weighted by atomic mass is 16.5. The number of hydrogen-bond donors (Lipinski definition) is 2. The minimum Gasteiger partial charge on any atom is -0.377 e. The Morgan fingerprint density at radius 1 is 1.70 bits per heavy atom. The number of ether oxygens (including phenoxy) is 1. The molecule has 1 heterocycles. The molecule has 4 heteroatoms. The van der Waals surface area contributed by atoms with Crippen LogP contribution in [0.3, 0.4) is 0 Å². The van der Waals surface area contributed by atoms with Gasteiger partial charge in [-0.1, -0.05) is 0 Å². The third-order valence-electron chi connectivity index (χ3n) is 1.31. The minimum atomic E-state index is -0.101. The van der Waals surface area contributed by atoms with Crippen LogP contribution in [0.2, 0.25) is 0 Å². The van der Waals surface area contributed by atoms with Gasteiger partial charge < -0.3 is 15.4 Å². The van der Waals surface area contributed by atoms with E-state index in [-0.39, 0.29) is 12.1 Å². The van der Waals surface area contributed by atoms with E-state index in [9.17, 15) is 4.79 Å². The molecule has 0 aromatic heterocycles. The van der Waals surface area contributed by atoms with E-state index < -0.39 is 0 Å². The second-order valence-electron chi connectivity index (χ2n) is 2.24. The van der Waals surface area contributed by atoms with E-state index in [0.717, 1.165) is 0 Å². The molecule has 4 nitrogen and oxygen atoms in total. The molecular weight excluding hydrogens is 132 g/mol. The molecule has 0 spiro atoms. The van der Waals surface area contributed by atoms with Crippen LogP contribution in [0.15, 0.2) is 0 Å². The molecule has 0 aromatic carbocycles. The van der Waals surface area contributed by atoms with Crippen LogP contribution in [0.4, 0.5) is 4.79 Å². The van der Waals surface area contributed by atoms with E-state index >= 15 is 0 Å². The lowest BCUT2D eigenvalue weighted by Crippen LogP contribution is -2.51. The highest BCUT2D eigenvalue weighted by molar-refractivity contribution is 5.74. The summed E-state index contributed by atoms with van der Waals surface area (Å²) in [6.45, 7) is 3.85. The van der Waals surface area contributed by atoms with Gasteiger partial charge in [-0.15, -0.1) is 0 Å². The fourth-order valence-electron chi connectivity index (χ4n) is 0.716. The van der Waals surface area contributed by atoms with Gasteiger partial charge >= 0.3 is 6.03 Å². The van der Waals surface area contributed by atoms with Crippen LogP contribution < -0.4 is 10.6 Å². The standard InChI is InChI=1S/C6H12N2O2/c1-2-7-6(9)8-5-3-10-4-5/h5H,2-4H2,1H3,(H2,7,8,9). The molecule has 1 rings (SSSR count). The van der Waals surface area contributed by atoms with E-state index in [4.69, 9.17) is 4.74 Å². The molecule has 0 aromatic rings. The maximum Gasteiger partial charge on any atom is 0.315 e. The quantitative estimate of drug-likeness (QED) is 0.559. The predicted octanol–water partition coefficient (Wildman–Crippen LogP) is -0.296. The molecule has 0 bridgehead atoms. The van der Waals surface area contributed by atoms with Crippen molar-refractivity contribution in [2.45, 2.75) is 13.0 Å². The first-order valence-electron chi connectivity index (χ1n) is 3.45. The Labute approximate surface area is 59.9 Å². The number of carbonyl (C=O) groups excluding carboxylic acids is 1. The number of rotatable bonds is 2. The van der Waals surface area contributed by atoms with Gasteiger partial charge in [-0.2, -0.15) is 0 Å². The van der Waals surface area contributed by atoms with E-state index in [2.05, 4.69) is 10.6 Å². The van der Waals surface area contributed by atoms with Gasteiger partial charge in [0.1, 0.15) is 0 Å². The molecule has 2 N–H and O–H groups in total. The largest absolute Gasteiger partial charge is 0.377 e. The van der Waals surface area contributed by atoms with Gasteiger partial charge in [0.25, 0.3) is 0 Å². The molecule has 1 aliphatic rings. The van der Waals surface area contributed by atoms with Gasteiger partial charge in [0.15, 0.2) is 0 Å². The Hall–Kier alpha value is -0.770. The zero-order valence-electron chi connectivity index (χ0n) is 6.02. The van der Waals surface area contributed by atoms with Crippen LogP contribution in [-0.2, 0) is 4.74 Å². The Morgan fingerprint density at radius 3 is 2.80 bits per heavy atom. The second-order valence-corrected chi connectivity index (χ2v) is 2.24. The van der Waals surface area contributed by atoms with E-state index in [1.807, 2.05) is 6.92 Å². The molecule has 0 atom stereocenters. The normalized spacial score (nSPS) is 17.7. The minimum absolute atomic E-state index is 0.101. The lowest BCUT2D eigenvalue weighted by molar-refractivity contribution is 0.0000322. The van der Waals surface area contributed by atoms with Crippen LogP contribution in [-0.4, -0.2) is 31.8 Å². The highest BCUT2D eigenvalue weighted by Crippen LogP contribution is 1.98. The van der Waals surface area contributed by atoms with Crippen molar-refractivity contribution >= 4 is 6.03 Å². The highest BCUT2D eigenvalue weighted by Gasteiger charge is 2.19. The Bertz CT molecular complexity index is 123. The van der Waals surface area contributed by atoms with Gasteiger partial charge in [-0.25, -0.2) is 4.79 Å². The van der Waals surface area contributed by atoms with Crippen molar-refractivity contribution in [3.05, 3.63) is 0 Å². The number of nitrogens with one attached hydrogen (secondary N) is 2. The van der Waals surface area contributed by atoms with E-state index in [1.54, 1.807) is 0 Å². The summed E-state index contributed by atoms with van der Waals surface area (Å²) in [5.74, 6) is 0. The number of amides is 2. The molecule has 2 amide bonds. The second kappa shape index (κ2) is 3.41. The number of carbonyl (C=O) groups is 1. The molecule has 1 aliphatic heterocycles. The first kappa shape index (κ1) is 7.34. The molecule has 1 fully saturated rings. The smallest absolute Gasteiger partial charge is 0.315 e. The first-order chi connectivity index (χ1) is 4.83. The first-order valence-corrected chi connectivity index (χ1v) is 3.45. The third kappa shape index (κ3) is 1.88. The third-order valence-corrected chi connectivity index (χ3v) is 1.31.